The standard InChI is InChI=1S/C15H19FN2S/c1-3-17-14(9-15-10-19-11(2)18-15)8-12-5-4-6-13(16)7-12/h4-7,10,14,17H,3,8-9H2,1-2H3. The molecule has 2 nitrogen and oxygen atoms in total. The first kappa shape index (κ1) is 14.2. The number of aromatic nitrogens is 1. The number of halogens is 1. The van der Waals surface area contributed by atoms with Crippen LogP contribution in [0.3, 0.4) is 0 Å². The molecular weight excluding hydrogens is 259 g/mol. The van der Waals surface area contributed by atoms with Crippen LogP contribution in [0.1, 0.15) is 23.2 Å². The van der Waals surface area contributed by atoms with Crippen LogP contribution in [0.5, 0.6) is 0 Å². The molecule has 0 aliphatic carbocycles. The molecule has 1 unspecified atom stereocenters. The Morgan fingerprint density at radius 1 is 1.37 bits per heavy atom. The molecule has 4 heteroatoms. The molecule has 102 valence electrons. The molecule has 0 aliphatic heterocycles. The number of aryl methyl sites for hydroxylation is 1. The van der Waals surface area contributed by atoms with Gasteiger partial charge in [-0.25, -0.2) is 9.37 Å². The summed E-state index contributed by atoms with van der Waals surface area (Å²) in [7, 11) is 0. The molecule has 1 N–H and O–H groups in total. The van der Waals surface area contributed by atoms with Crippen molar-refractivity contribution in [3.05, 3.63) is 51.7 Å². The second-order valence-corrected chi connectivity index (χ2v) is 5.71. The molecule has 0 saturated heterocycles. The van der Waals surface area contributed by atoms with E-state index in [0.29, 0.717) is 6.04 Å². The second-order valence-electron chi connectivity index (χ2n) is 4.65. The molecule has 2 aromatic rings. The van der Waals surface area contributed by atoms with Gasteiger partial charge < -0.3 is 5.32 Å². The maximum Gasteiger partial charge on any atom is 0.123 e. The minimum atomic E-state index is -0.169. The zero-order valence-electron chi connectivity index (χ0n) is 11.3. The molecule has 0 saturated carbocycles. The Hall–Kier alpha value is -1.26. The van der Waals surface area contributed by atoms with Crippen molar-refractivity contribution in [1.82, 2.24) is 10.3 Å². The van der Waals surface area contributed by atoms with Gasteiger partial charge in [0.15, 0.2) is 0 Å². The van der Waals surface area contributed by atoms with Crippen LogP contribution in [-0.2, 0) is 12.8 Å². The van der Waals surface area contributed by atoms with Crippen LogP contribution in [0.15, 0.2) is 29.6 Å². The van der Waals surface area contributed by atoms with Gasteiger partial charge in [0.2, 0.25) is 0 Å². The summed E-state index contributed by atoms with van der Waals surface area (Å²) in [6, 6.07) is 7.13. The van der Waals surface area contributed by atoms with E-state index < -0.39 is 0 Å². The summed E-state index contributed by atoms with van der Waals surface area (Å²) in [4.78, 5) is 4.50. The lowest BCUT2D eigenvalue weighted by Crippen LogP contribution is -2.33. The zero-order valence-corrected chi connectivity index (χ0v) is 12.1. The van der Waals surface area contributed by atoms with Gasteiger partial charge in [-0.1, -0.05) is 19.1 Å². The summed E-state index contributed by atoms with van der Waals surface area (Å²) in [5.74, 6) is -0.169. The van der Waals surface area contributed by atoms with E-state index >= 15 is 0 Å². The lowest BCUT2D eigenvalue weighted by Gasteiger charge is -2.17. The van der Waals surface area contributed by atoms with Crippen LogP contribution in [-0.4, -0.2) is 17.6 Å². The summed E-state index contributed by atoms with van der Waals surface area (Å²) in [6.45, 7) is 5.01. The molecule has 0 spiro atoms. The van der Waals surface area contributed by atoms with Gasteiger partial charge in [-0.05, 0) is 37.6 Å². The van der Waals surface area contributed by atoms with Gasteiger partial charge in [0.25, 0.3) is 0 Å². The average Bonchev–Trinajstić information content (AvgIpc) is 2.75. The number of thiazole rings is 1. The number of rotatable bonds is 6. The highest BCUT2D eigenvalue weighted by atomic mass is 32.1. The molecule has 0 aliphatic rings. The van der Waals surface area contributed by atoms with E-state index in [1.165, 1.54) is 6.07 Å². The molecule has 0 bridgehead atoms. The van der Waals surface area contributed by atoms with E-state index in [4.69, 9.17) is 0 Å². The fourth-order valence-corrected chi connectivity index (χ4v) is 2.83. The van der Waals surface area contributed by atoms with E-state index in [-0.39, 0.29) is 5.82 Å². The molecule has 1 heterocycles. The van der Waals surface area contributed by atoms with E-state index in [2.05, 4.69) is 22.6 Å². The Balaban J connectivity index is 2.03. The maximum absolute atomic E-state index is 13.2. The molecule has 1 atom stereocenters. The Morgan fingerprint density at radius 2 is 2.21 bits per heavy atom. The first-order valence-corrected chi connectivity index (χ1v) is 7.44. The first-order chi connectivity index (χ1) is 9.17. The Morgan fingerprint density at radius 3 is 2.84 bits per heavy atom. The molecule has 19 heavy (non-hydrogen) atoms. The second kappa shape index (κ2) is 6.78. The normalized spacial score (nSPS) is 12.6. The molecule has 1 aromatic carbocycles. The maximum atomic E-state index is 13.2. The Kier molecular flexibility index (Phi) is 5.05. The third-order valence-corrected chi connectivity index (χ3v) is 3.81. The van der Waals surface area contributed by atoms with Crippen molar-refractivity contribution >= 4 is 11.3 Å². The minimum absolute atomic E-state index is 0.169. The van der Waals surface area contributed by atoms with Crippen LogP contribution in [0, 0.1) is 12.7 Å². The fraction of sp³-hybridized carbons (Fsp3) is 0.400. The largest absolute Gasteiger partial charge is 0.314 e. The average molecular weight is 278 g/mol. The van der Waals surface area contributed by atoms with Crippen molar-refractivity contribution in [2.24, 2.45) is 0 Å². The molecule has 0 fully saturated rings. The predicted octanol–water partition coefficient (Wildman–Crippen LogP) is 3.35. The summed E-state index contributed by atoms with van der Waals surface area (Å²) >= 11 is 1.67. The number of nitrogens with one attached hydrogen (secondary N) is 1. The zero-order chi connectivity index (χ0) is 13.7. The van der Waals surface area contributed by atoms with E-state index in [1.807, 2.05) is 13.0 Å². The minimum Gasteiger partial charge on any atom is -0.314 e. The topological polar surface area (TPSA) is 24.9 Å². The van der Waals surface area contributed by atoms with Gasteiger partial charge >= 0.3 is 0 Å². The van der Waals surface area contributed by atoms with Crippen molar-refractivity contribution in [2.45, 2.75) is 32.7 Å². The number of hydrogen-bond donors (Lipinski definition) is 1. The molecule has 1 aromatic heterocycles. The highest BCUT2D eigenvalue weighted by Crippen LogP contribution is 2.13. The lowest BCUT2D eigenvalue weighted by atomic mass is 10.0. The Labute approximate surface area is 117 Å². The summed E-state index contributed by atoms with van der Waals surface area (Å²) in [6.07, 6.45) is 1.71. The third kappa shape index (κ3) is 4.40. The number of hydrogen-bond acceptors (Lipinski definition) is 3. The summed E-state index contributed by atoms with van der Waals surface area (Å²) in [5, 5.41) is 6.65. The molecular formula is C15H19FN2S. The van der Waals surface area contributed by atoms with Gasteiger partial charge in [0, 0.05) is 17.8 Å². The van der Waals surface area contributed by atoms with E-state index in [0.717, 1.165) is 35.7 Å². The van der Waals surface area contributed by atoms with Crippen LogP contribution in [0.4, 0.5) is 4.39 Å². The quantitative estimate of drug-likeness (QED) is 0.876. The lowest BCUT2D eigenvalue weighted by molar-refractivity contribution is 0.515. The van der Waals surface area contributed by atoms with Crippen molar-refractivity contribution in [3.63, 3.8) is 0 Å². The van der Waals surface area contributed by atoms with Gasteiger partial charge in [0.05, 0.1) is 10.7 Å². The van der Waals surface area contributed by atoms with Crippen molar-refractivity contribution in [3.8, 4) is 0 Å². The number of likely N-dealkylation sites (N-methyl/N-ethyl adjacent to an activating group) is 1. The molecule has 0 amide bonds. The van der Waals surface area contributed by atoms with E-state index in [9.17, 15) is 4.39 Å². The number of nitrogens with zero attached hydrogens (tertiary/aromatic N) is 1. The molecule has 0 radical (unpaired) electrons. The van der Waals surface area contributed by atoms with E-state index in [1.54, 1.807) is 23.5 Å². The third-order valence-electron chi connectivity index (χ3n) is 2.99. The predicted molar refractivity (Wildman–Crippen MR) is 78.1 cm³/mol. The van der Waals surface area contributed by atoms with Gasteiger partial charge in [0.1, 0.15) is 5.82 Å². The van der Waals surface area contributed by atoms with Gasteiger partial charge in [-0.2, -0.15) is 0 Å². The van der Waals surface area contributed by atoms with Crippen LogP contribution < -0.4 is 5.32 Å². The van der Waals surface area contributed by atoms with Gasteiger partial charge in [-0.3, -0.25) is 0 Å². The highest BCUT2D eigenvalue weighted by Gasteiger charge is 2.11. The van der Waals surface area contributed by atoms with Crippen molar-refractivity contribution in [1.29, 1.82) is 0 Å². The molecule has 2 rings (SSSR count). The Bertz CT molecular complexity index is 524. The smallest absolute Gasteiger partial charge is 0.123 e. The summed E-state index contributed by atoms with van der Waals surface area (Å²) < 4.78 is 13.2. The summed E-state index contributed by atoms with van der Waals surface area (Å²) in [5.41, 5.74) is 2.14. The van der Waals surface area contributed by atoms with Crippen molar-refractivity contribution in [2.75, 3.05) is 6.54 Å². The van der Waals surface area contributed by atoms with Crippen LogP contribution in [0.25, 0.3) is 0 Å². The monoisotopic (exact) mass is 278 g/mol. The fourth-order valence-electron chi connectivity index (χ4n) is 2.21. The van der Waals surface area contributed by atoms with Crippen LogP contribution >= 0.6 is 11.3 Å². The highest BCUT2D eigenvalue weighted by molar-refractivity contribution is 7.09. The SMILES string of the molecule is CCNC(Cc1cccc(F)c1)Cc1csc(C)n1. The van der Waals surface area contributed by atoms with Crippen molar-refractivity contribution < 1.29 is 4.39 Å². The number of benzene rings is 1. The first-order valence-electron chi connectivity index (χ1n) is 6.56. The van der Waals surface area contributed by atoms with Crippen LogP contribution in [0.2, 0.25) is 0 Å². The van der Waals surface area contributed by atoms with Gasteiger partial charge in [-0.15, -0.1) is 11.3 Å².